The lowest BCUT2D eigenvalue weighted by atomic mass is 9.95. The molecule has 2 aliphatic carbocycles. The molecule has 0 spiro atoms. The Kier molecular flexibility index (Phi) is 2.51. The van der Waals surface area contributed by atoms with Crippen molar-refractivity contribution in [3.05, 3.63) is 24.3 Å². The molecular formula is C11H16O2. The second-order valence-corrected chi connectivity index (χ2v) is 3.89. The zero-order chi connectivity index (χ0) is 9.26. The highest BCUT2D eigenvalue weighted by molar-refractivity contribution is 5.17. The van der Waals surface area contributed by atoms with Crippen molar-refractivity contribution in [2.45, 2.75) is 12.5 Å². The Hall–Kier alpha value is -0.600. The van der Waals surface area contributed by atoms with E-state index in [2.05, 4.69) is 24.3 Å². The van der Waals surface area contributed by atoms with E-state index in [4.69, 9.17) is 4.74 Å². The SMILES string of the molecule is CO[C@@H]1[C@@H]2C=CC=C[C@H]1C[C@H]2CO. The van der Waals surface area contributed by atoms with Crippen molar-refractivity contribution in [1.82, 2.24) is 0 Å². The minimum Gasteiger partial charge on any atom is -0.396 e. The van der Waals surface area contributed by atoms with Crippen LogP contribution in [0.1, 0.15) is 6.42 Å². The Labute approximate surface area is 78.9 Å². The molecule has 2 nitrogen and oxygen atoms in total. The number of rotatable bonds is 2. The lowest BCUT2D eigenvalue weighted by molar-refractivity contribution is 0.0551. The number of aliphatic hydroxyl groups excluding tert-OH is 1. The number of hydrogen-bond donors (Lipinski definition) is 1. The fourth-order valence-electron chi connectivity index (χ4n) is 2.58. The van der Waals surface area contributed by atoms with Crippen molar-refractivity contribution < 1.29 is 9.84 Å². The number of allylic oxidation sites excluding steroid dienone is 2. The Morgan fingerprint density at radius 1 is 1.38 bits per heavy atom. The normalized spacial score (nSPS) is 42.3. The Morgan fingerprint density at radius 2 is 2.15 bits per heavy atom. The number of methoxy groups -OCH3 is 1. The highest BCUT2D eigenvalue weighted by atomic mass is 16.5. The molecule has 72 valence electrons. The van der Waals surface area contributed by atoms with Gasteiger partial charge in [0.2, 0.25) is 0 Å². The first-order chi connectivity index (χ1) is 6.36. The predicted octanol–water partition coefficient (Wildman–Crippen LogP) is 1.37. The van der Waals surface area contributed by atoms with Crippen molar-refractivity contribution in [2.24, 2.45) is 17.8 Å². The smallest absolute Gasteiger partial charge is 0.0700 e. The van der Waals surface area contributed by atoms with Gasteiger partial charge in [0.1, 0.15) is 0 Å². The van der Waals surface area contributed by atoms with Crippen LogP contribution in [-0.2, 0) is 4.74 Å². The molecule has 0 unspecified atom stereocenters. The van der Waals surface area contributed by atoms with Crippen molar-refractivity contribution in [2.75, 3.05) is 13.7 Å². The minimum atomic E-state index is 0.271. The molecule has 13 heavy (non-hydrogen) atoms. The zero-order valence-electron chi connectivity index (χ0n) is 7.89. The molecular weight excluding hydrogens is 164 g/mol. The molecule has 4 atom stereocenters. The van der Waals surface area contributed by atoms with Gasteiger partial charge >= 0.3 is 0 Å². The first kappa shape index (κ1) is 8.97. The third kappa shape index (κ3) is 1.45. The van der Waals surface area contributed by atoms with Crippen molar-refractivity contribution in [1.29, 1.82) is 0 Å². The molecule has 0 aromatic rings. The predicted molar refractivity (Wildman–Crippen MR) is 51.2 cm³/mol. The van der Waals surface area contributed by atoms with Gasteiger partial charge in [0.05, 0.1) is 6.10 Å². The Balaban J connectivity index is 2.22. The topological polar surface area (TPSA) is 29.5 Å². The zero-order valence-corrected chi connectivity index (χ0v) is 7.89. The summed E-state index contributed by atoms with van der Waals surface area (Å²) in [6.07, 6.45) is 9.84. The summed E-state index contributed by atoms with van der Waals surface area (Å²) in [7, 11) is 1.76. The molecule has 0 amide bonds. The van der Waals surface area contributed by atoms with Gasteiger partial charge in [-0.25, -0.2) is 0 Å². The van der Waals surface area contributed by atoms with Crippen LogP contribution in [0.5, 0.6) is 0 Å². The standard InChI is InChI=1S/C11H16O2/c1-13-11-8-4-2-3-5-10(11)9(6-8)7-12/h2-5,8-12H,6-7H2,1H3/t8-,9-,10+,11-/m0/s1. The molecule has 0 aromatic heterocycles. The minimum absolute atomic E-state index is 0.271. The fourth-order valence-corrected chi connectivity index (χ4v) is 2.58. The molecule has 2 rings (SSSR count). The average Bonchev–Trinajstić information content (AvgIpc) is 2.32. The van der Waals surface area contributed by atoms with Crippen LogP contribution < -0.4 is 0 Å². The molecule has 0 heterocycles. The van der Waals surface area contributed by atoms with Gasteiger partial charge in [0, 0.05) is 25.6 Å². The van der Waals surface area contributed by atoms with Gasteiger partial charge in [-0.1, -0.05) is 24.3 Å². The highest BCUT2D eigenvalue weighted by Gasteiger charge is 2.41. The van der Waals surface area contributed by atoms with Crippen LogP contribution in [0.15, 0.2) is 24.3 Å². The molecule has 0 aromatic carbocycles. The van der Waals surface area contributed by atoms with Gasteiger partial charge in [-0.15, -0.1) is 0 Å². The third-order valence-electron chi connectivity index (χ3n) is 3.23. The molecule has 2 aliphatic rings. The highest BCUT2D eigenvalue weighted by Crippen LogP contribution is 2.41. The molecule has 0 saturated heterocycles. The van der Waals surface area contributed by atoms with E-state index in [9.17, 15) is 5.11 Å². The number of ether oxygens (including phenoxy) is 1. The Bertz CT molecular complexity index is 232. The summed E-state index contributed by atoms with van der Waals surface area (Å²) in [5.74, 6) is 1.27. The largest absolute Gasteiger partial charge is 0.396 e. The summed E-state index contributed by atoms with van der Waals surface area (Å²) in [5.41, 5.74) is 0. The quantitative estimate of drug-likeness (QED) is 0.695. The monoisotopic (exact) mass is 180 g/mol. The van der Waals surface area contributed by atoms with Gasteiger partial charge in [0.15, 0.2) is 0 Å². The van der Waals surface area contributed by atoms with E-state index in [-0.39, 0.29) is 12.7 Å². The van der Waals surface area contributed by atoms with E-state index in [1.165, 1.54) is 0 Å². The van der Waals surface area contributed by atoms with E-state index < -0.39 is 0 Å². The summed E-state index contributed by atoms with van der Waals surface area (Å²) >= 11 is 0. The van der Waals surface area contributed by atoms with Gasteiger partial charge in [-0.2, -0.15) is 0 Å². The van der Waals surface area contributed by atoms with E-state index in [0.29, 0.717) is 17.8 Å². The lowest BCUT2D eigenvalue weighted by Crippen LogP contribution is -2.23. The lowest BCUT2D eigenvalue weighted by Gasteiger charge is -2.19. The third-order valence-corrected chi connectivity index (χ3v) is 3.23. The summed E-state index contributed by atoms with van der Waals surface area (Å²) in [6, 6.07) is 0. The van der Waals surface area contributed by atoms with Crippen LogP contribution in [0.25, 0.3) is 0 Å². The molecule has 0 radical (unpaired) electrons. The summed E-state index contributed by atoms with van der Waals surface area (Å²) in [5, 5.41) is 9.20. The second kappa shape index (κ2) is 3.64. The summed E-state index contributed by atoms with van der Waals surface area (Å²) in [4.78, 5) is 0. The van der Waals surface area contributed by atoms with Crippen LogP contribution in [0, 0.1) is 17.8 Å². The maximum Gasteiger partial charge on any atom is 0.0700 e. The van der Waals surface area contributed by atoms with Crippen LogP contribution in [0.3, 0.4) is 0 Å². The van der Waals surface area contributed by atoms with Crippen LogP contribution in [0.4, 0.5) is 0 Å². The van der Waals surface area contributed by atoms with E-state index in [0.717, 1.165) is 6.42 Å². The van der Waals surface area contributed by atoms with Crippen molar-refractivity contribution >= 4 is 0 Å². The van der Waals surface area contributed by atoms with E-state index >= 15 is 0 Å². The number of hydrogen-bond acceptors (Lipinski definition) is 2. The van der Waals surface area contributed by atoms with Crippen molar-refractivity contribution in [3.8, 4) is 0 Å². The average molecular weight is 180 g/mol. The van der Waals surface area contributed by atoms with Gasteiger partial charge in [-0.05, 0) is 12.3 Å². The second-order valence-electron chi connectivity index (χ2n) is 3.89. The number of aliphatic hydroxyl groups is 1. The molecule has 2 heteroatoms. The first-order valence-electron chi connectivity index (χ1n) is 4.85. The van der Waals surface area contributed by atoms with Gasteiger partial charge < -0.3 is 9.84 Å². The molecule has 1 N–H and O–H groups in total. The first-order valence-corrected chi connectivity index (χ1v) is 4.85. The molecule has 0 aliphatic heterocycles. The summed E-state index contributed by atoms with van der Waals surface area (Å²) < 4.78 is 5.48. The maximum atomic E-state index is 9.20. The summed E-state index contributed by atoms with van der Waals surface area (Å²) in [6.45, 7) is 0.277. The van der Waals surface area contributed by atoms with Crippen LogP contribution >= 0.6 is 0 Å². The van der Waals surface area contributed by atoms with Crippen LogP contribution in [0.2, 0.25) is 0 Å². The Morgan fingerprint density at radius 3 is 2.85 bits per heavy atom. The van der Waals surface area contributed by atoms with E-state index in [1.54, 1.807) is 7.11 Å². The van der Waals surface area contributed by atoms with Crippen LogP contribution in [-0.4, -0.2) is 24.9 Å². The molecule has 2 bridgehead atoms. The number of fused-ring (bicyclic) bond motifs is 2. The molecule has 1 fully saturated rings. The van der Waals surface area contributed by atoms with E-state index in [1.807, 2.05) is 0 Å². The molecule has 1 saturated carbocycles. The fraction of sp³-hybridized carbons (Fsp3) is 0.636. The maximum absolute atomic E-state index is 9.20. The van der Waals surface area contributed by atoms with Gasteiger partial charge in [-0.3, -0.25) is 0 Å². The van der Waals surface area contributed by atoms with Gasteiger partial charge in [0.25, 0.3) is 0 Å². The van der Waals surface area contributed by atoms with Crippen molar-refractivity contribution in [3.63, 3.8) is 0 Å².